The van der Waals surface area contributed by atoms with Crippen molar-refractivity contribution in [3.05, 3.63) is 35.5 Å². The Hall–Kier alpha value is -1.04. The van der Waals surface area contributed by atoms with Gasteiger partial charge in [0.2, 0.25) is 0 Å². The Morgan fingerprint density at radius 3 is 2.44 bits per heavy atom. The quantitative estimate of drug-likeness (QED) is 0.191. The molecular formula is C45H72N2O2S. The van der Waals surface area contributed by atoms with E-state index in [4.69, 9.17) is 4.74 Å². The fraction of sp³-hybridized carbons (Fsp3) is 0.844. The Kier molecular flexibility index (Phi) is 10.4. The highest BCUT2D eigenvalue weighted by atomic mass is 32.2. The van der Waals surface area contributed by atoms with Crippen LogP contribution in [0.1, 0.15) is 132 Å². The monoisotopic (exact) mass is 705 g/mol. The molecule has 0 aromatic heterocycles. The van der Waals surface area contributed by atoms with Gasteiger partial charge in [-0.05, 0) is 159 Å². The van der Waals surface area contributed by atoms with Gasteiger partial charge in [0.1, 0.15) is 0 Å². The van der Waals surface area contributed by atoms with Crippen molar-refractivity contribution >= 4 is 17.7 Å². The van der Waals surface area contributed by atoms with Crippen molar-refractivity contribution in [1.29, 1.82) is 0 Å². The first-order chi connectivity index (χ1) is 23.8. The molecule has 0 amide bonds. The number of allylic oxidation sites excluding steroid dienone is 5. The van der Waals surface area contributed by atoms with Crippen LogP contribution in [0.4, 0.5) is 0 Å². The number of thioether (sulfide) groups is 1. The molecule has 6 aliphatic carbocycles. The van der Waals surface area contributed by atoms with E-state index in [2.05, 4.69) is 82.3 Å². The van der Waals surface area contributed by atoms with E-state index in [9.17, 15) is 4.79 Å². The van der Waals surface area contributed by atoms with E-state index in [1.807, 2.05) is 6.92 Å². The van der Waals surface area contributed by atoms with E-state index in [1.54, 1.807) is 11.1 Å². The Morgan fingerprint density at radius 2 is 1.74 bits per heavy atom. The fourth-order valence-corrected chi connectivity index (χ4v) is 15.6. The molecule has 4 saturated carbocycles. The number of rotatable bonds is 9. The maximum Gasteiger partial charge on any atom is 0.306 e. The van der Waals surface area contributed by atoms with Crippen molar-refractivity contribution in [1.82, 2.24) is 10.2 Å². The average Bonchev–Trinajstić information content (AvgIpc) is 3.46. The Morgan fingerprint density at radius 1 is 0.960 bits per heavy atom. The molecule has 7 rings (SSSR count). The van der Waals surface area contributed by atoms with E-state index in [0.717, 1.165) is 49.5 Å². The van der Waals surface area contributed by atoms with Crippen LogP contribution >= 0.6 is 11.8 Å². The van der Waals surface area contributed by atoms with Gasteiger partial charge in [-0.2, -0.15) is 11.8 Å². The van der Waals surface area contributed by atoms with Crippen LogP contribution in [-0.4, -0.2) is 60.7 Å². The van der Waals surface area contributed by atoms with Gasteiger partial charge in [0.05, 0.1) is 6.61 Å². The predicted octanol–water partition coefficient (Wildman–Crippen LogP) is 10.3. The van der Waals surface area contributed by atoms with Gasteiger partial charge in [-0.1, -0.05) is 58.9 Å². The highest BCUT2D eigenvalue weighted by molar-refractivity contribution is 7.99. The van der Waals surface area contributed by atoms with Gasteiger partial charge in [0, 0.05) is 49.6 Å². The zero-order valence-electron chi connectivity index (χ0n) is 33.1. The topological polar surface area (TPSA) is 41.6 Å². The number of fused-ring (bicyclic) bond motifs is 7. The van der Waals surface area contributed by atoms with Gasteiger partial charge in [-0.25, -0.2) is 0 Å². The van der Waals surface area contributed by atoms with E-state index in [1.165, 1.54) is 94.5 Å². The van der Waals surface area contributed by atoms with Gasteiger partial charge >= 0.3 is 5.97 Å². The molecule has 1 heterocycles. The van der Waals surface area contributed by atoms with Crippen LogP contribution in [0.25, 0.3) is 0 Å². The van der Waals surface area contributed by atoms with Crippen LogP contribution in [0.2, 0.25) is 0 Å². The van der Waals surface area contributed by atoms with Gasteiger partial charge in [-0.3, -0.25) is 4.79 Å². The number of esters is 1. The molecule has 7 aliphatic rings. The summed E-state index contributed by atoms with van der Waals surface area (Å²) in [6.45, 7) is 27.8. The number of nitrogens with one attached hydrogen (secondary N) is 1. The smallest absolute Gasteiger partial charge is 0.306 e. The summed E-state index contributed by atoms with van der Waals surface area (Å²) in [6.07, 6.45) is 21.3. The minimum atomic E-state index is -0.0221. The third-order valence-electron chi connectivity index (χ3n) is 17.3. The molecule has 1 aliphatic heterocycles. The molecule has 4 nitrogen and oxygen atoms in total. The largest absolute Gasteiger partial charge is 0.466 e. The van der Waals surface area contributed by atoms with Crippen molar-refractivity contribution in [2.75, 3.05) is 44.3 Å². The van der Waals surface area contributed by atoms with E-state index in [-0.39, 0.29) is 11.4 Å². The summed E-state index contributed by atoms with van der Waals surface area (Å²) in [5.74, 6) is 6.72. The Balaban J connectivity index is 1.11. The standard InChI is InChI=1S/C45H72N2O2S/c1-9-49-39(48)30-32-10-12-33(13-11-32)35-17-19-42(6)37(41(35,4)5)18-20-44(8)38(42)15-14-36-40-34(31(2)3)16-21-45(40,23-22-43(36,44)7)46-24-25-47-26-28-50-29-27-47/h12,17,32,34,36-38,40,46H,2,9-11,13-16,18-30H2,1,3-8H3. The van der Waals surface area contributed by atoms with Crippen LogP contribution in [0.15, 0.2) is 35.5 Å². The number of carbonyl (C=O) groups is 1. The van der Waals surface area contributed by atoms with Crippen molar-refractivity contribution in [3.8, 4) is 0 Å². The second kappa shape index (κ2) is 14.0. The number of hydrogen-bond acceptors (Lipinski definition) is 5. The van der Waals surface area contributed by atoms with Crippen molar-refractivity contribution in [2.45, 2.75) is 137 Å². The van der Waals surface area contributed by atoms with Gasteiger partial charge in [0.25, 0.3) is 0 Å². The zero-order chi connectivity index (χ0) is 35.5. The lowest BCUT2D eigenvalue weighted by Gasteiger charge is -2.72. The number of nitrogens with zero attached hydrogens (tertiary/aromatic N) is 1. The Labute approximate surface area is 310 Å². The summed E-state index contributed by atoms with van der Waals surface area (Å²) in [5, 5.41) is 4.36. The lowest BCUT2D eigenvalue weighted by molar-refractivity contribution is -0.221. The van der Waals surface area contributed by atoms with E-state index >= 15 is 0 Å². The first-order valence-electron chi connectivity index (χ1n) is 21.1. The summed E-state index contributed by atoms with van der Waals surface area (Å²) in [4.78, 5) is 14.9. The van der Waals surface area contributed by atoms with Gasteiger partial charge < -0.3 is 15.0 Å². The van der Waals surface area contributed by atoms with Crippen LogP contribution in [-0.2, 0) is 9.53 Å². The lowest BCUT2D eigenvalue weighted by Crippen LogP contribution is -2.68. The summed E-state index contributed by atoms with van der Waals surface area (Å²) in [6, 6.07) is 0. The number of hydrogen-bond donors (Lipinski definition) is 1. The summed E-state index contributed by atoms with van der Waals surface area (Å²) in [7, 11) is 0. The third kappa shape index (κ3) is 6.06. The third-order valence-corrected chi connectivity index (χ3v) is 18.2. The molecule has 10 atom stereocenters. The molecule has 0 bridgehead atoms. The molecule has 0 radical (unpaired) electrons. The van der Waals surface area contributed by atoms with Crippen molar-refractivity contribution in [3.63, 3.8) is 0 Å². The molecule has 50 heavy (non-hydrogen) atoms. The average molecular weight is 705 g/mol. The zero-order valence-corrected chi connectivity index (χ0v) is 34.0. The highest BCUT2D eigenvalue weighted by Crippen LogP contribution is 2.76. The second-order valence-corrected chi connectivity index (χ2v) is 20.9. The molecule has 1 saturated heterocycles. The molecule has 1 N–H and O–H groups in total. The van der Waals surface area contributed by atoms with Crippen LogP contribution in [0, 0.1) is 57.2 Å². The Bertz CT molecular complexity index is 1360. The van der Waals surface area contributed by atoms with Crippen LogP contribution in [0.5, 0.6) is 0 Å². The molecule has 5 fully saturated rings. The van der Waals surface area contributed by atoms with Gasteiger partial charge in [-0.15, -0.1) is 0 Å². The SMILES string of the molecule is C=C(C)C1CCC2(NCCN3CCSCC3)CCC3(C)C(CCC4C5(C)CC=C(C6=CCC(CC(=O)OCC)CC6)C(C)(C)C5CCC43C)C12. The fourth-order valence-electron chi connectivity index (χ4n) is 14.7. The minimum absolute atomic E-state index is 0.0221. The maximum atomic E-state index is 12.2. The first kappa shape index (κ1) is 37.3. The molecule has 5 heteroatoms. The molecule has 280 valence electrons. The molecule has 10 unspecified atom stereocenters. The van der Waals surface area contributed by atoms with Crippen molar-refractivity contribution in [2.24, 2.45) is 57.2 Å². The normalized spacial score (nSPS) is 44.1. The number of carbonyl (C=O) groups excluding carboxylic acids is 1. The molecule has 0 aromatic carbocycles. The van der Waals surface area contributed by atoms with E-state index < -0.39 is 0 Å². The second-order valence-electron chi connectivity index (χ2n) is 19.6. The minimum Gasteiger partial charge on any atom is -0.466 e. The summed E-state index contributed by atoms with van der Waals surface area (Å²) >= 11 is 2.12. The van der Waals surface area contributed by atoms with E-state index in [0.29, 0.717) is 46.6 Å². The van der Waals surface area contributed by atoms with Gasteiger partial charge in [0.15, 0.2) is 0 Å². The first-order valence-corrected chi connectivity index (χ1v) is 22.2. The molecule has 0 aromatic rings. The van der Waals surface area contributed by atoms with Crippen molar-refractivity contribution < 1.29 is 9.53 Å². The molecule has 0 spiro atoms. The maximum absolute atomic E-state index is 12.2. The highest BCUT2D eigenvalue weighted by Gasteiger charge is 2.70. The van der Waals surface area contributed by atoms with Crippen LogP contribution in [0.3, 0.4) is 0 Å². The molecular weight excluding hydrogens is 633 g/mol. The number of ether oxygens (including phenoxy) is 1. The summed E-state index contributed by atoms with van der Waals surface area (Å²) < 4.78 is 5.28. The lowest BCUT2D eigenvalue weighted by atomic mass is 9.33. The van der Waals surface area contributed by atoms with Crippen LogP contribution < -0.4 is 5.32 Å². The predicted molar refractivity (Wildman–Crippen MR) is 211 cm³/mol. The summed E-state index contributed by atoms with van der Waals surface area (Å²) in [5.41, 5.74) is 6.28.